The van der Waals surface area contributed by atoms with Gasteiger partial charge in [-0.05, 0) is 30.7 Å². The highest BCUT2D eigenvalue weighted by atomic mass is 35.5. The van der Waals surface area contributed by atoms with E-state index in [1.165, 1.54) is 12.1 Å². The van der Waals surface area contributed by atoms with E-state index in [-0.39, 0.29) is 5.91 Å². The van der Waals surface area contributed by atoms with Gasteiger partial charge in [0.05, 0.1) is 6.61 Å². The second-order valence-electron chi connectivity index (χ2n) is 4.44. The summed E-state index contributed by atoms with van der Waals surface area (Å²) in [6.45, 7) is 1.72. The molecule has 1 amide bonds. The van der Waals surface area contributed by atoms with Crippen molar-refractivity contribution in [1.82, 2.24) is 4.90 Å². The molecule has 2 N–H and O–H groups in total. The van der Waals surface area contributed by atoms with Crippen molar-refractivity contribution in [3.63, 3.8) is 0 Å². The van der Waals surface area contributed by atoms with Crippen LogP contribution in [0, 0.1) is 5.82 Å². The van der Waals surface area contributed by atoms with Crippen LogP contribution in [0.1, 0.15) is 18.4 Å². The number of hydrogen-bond donors (Lipinski definition) is 1. The van der Waals surface area contributed by atoms with E-state index in [0.29, 0.717) is 49.7 Å². The third kappa shape index (κ3) is 5.45. The van der Waals surface area contributed by atoms with E-state index in [1.807, 2.05) is 0 Å². The second kappa shape index (κ2) is 8.89. The average molecular weight is 303 g/mol. The van der Waals surface area contributed by atoms with Crippen LogP contribution in [-0.4, -0.2) is 37.6 Å². The molecule has 112 valence electrons. The molecule has 4 nitrogen and oxygen atoms in total. The van der Waals surface area contributed by atoms with Crippen molar-refractivity contribution in [2.45, 2.75) is 19.4 Å². The second-order valence-corrected chi connectivity index (χ2v) is 4.84. The number of methoxy groups -OCH3 is 1. The molecular formula is C14H20ClFN2O2. The van der Waals surface area contributed by atoms with Crippen molar-refractivity contribution in [3.05, 3.63) is 34.6 Å². The Morgan fingerprint density at radius 3 is 2.85 bits per heavy atom. The van der Waals surface area contributed by atoms with Gasteiger partial charge in [-0.2, -0.15) is 0 Å². The first-order valence-corrected chi connectivity index (χ1v) is 6.87. The zero-order chi connectivity index (χ0) is 15.0. The summed E-state index contributed by atoms with van der Waals surface area (Å²) < 4.78 is 18.0. The molecule has 1 rings (SSSR count). The summed E-state index contributed by atoms with van der Waals surface area (Å²) in [6.07, 6.45) is 1.03. The van der Waals surface area contributed by atoms with E-state index in [9.17, 15) is 9.18 Å². The summed E-state index contributed by atoms with van der Waals surface area (Å²) >= 11 is 5.99. The maximum atomic E-state index is 13.0. The Morgan fingerprint density at radius 2 is 2.25 bits per heavy atom. The first-order chi connectivity index (χ1) is 9.58. The highest BCUT2D eigenvalue weighted by Crippen LogP contribution is 2.19. The van der Waals surface area contributed by atoms with Crippen LogP contribution in [0.25, 0.3) is 0 Å². The maximum absolute atomic E-state index is 13.0. The fraction of sp³-hybridized carbons (Fsp3) is 0.500. The number of carbonyl (C=O) groups excluding carboxylic acids is 1. The molecule has 20 heavy (non-hydrogen) atoms. The van der Waals surface area contributed by atoms with Gasteiger partial charge >= 0.3 is 0 Å². The number of hydrogen-bond acceptors (Lipinski definition) is 3. The van der Waals surface area contributed by atoms with Gasteiger partial charge in [0.2, 0.25) is 5.91 Å². The van der Waals surface area contributed by atoms with Crippen LogP contribution in [0.5, 0.6) is 0 Å². The largest absolute Gasteiger partial charge is 0.383 e. The van der Waals surface area contributed by atoms with Gasteiger partial charge in [0, 0.05) is 31.6 Å². The summed E-state index contributed by atoms with van der Waals surface area (Å²) in [7, 11) is 1.58. The number of rotatable bonds is 8. The van der Waals surface area contributed by atoms with Crippen molar-refractivity contribution in [2.75, 3.05) is 26.8 Å². The number of nitrogens with zero attached hydrogens (tertiary/aromatic N) is 1. The quantitative estimate of drug-likeness (QED) is 0.801. The minimum Gasteiger partial charge on any atom is -0.383 e. The molecule has 0 atom stereocenters. The number of carbonyl (C=O) groups is 1. The van der Waals surface area contributed by atoms with E-state index in [4.69, 9.17) is 22.1 Å². The van der Waals surface area contributed by atoms with Gasteiger partial charge in [0.25, 0.3) is 0 Å². The SMILES string of the molecule is COCCN(Cc1ccc(F)cc1Cl)C(=O)CCCN. The van der Waals surface area contributed by atoms with E-state index in [2.05, 4.69) is 0 Å². The van der Waals surface area contributed by atoms with Crippen molar-refractivity contribution in [1.29, 1.82) is 0 Å². The lowest BCUT2D eigenvalue weighted by molar-refractivity contribution is -0.132. The summed E-state index contributed by atoms with van der Waals surface area (Å²) in [5, 5.41) is 0.319. The fourth-order valence-electron chi connectivity index (χ4n) is 1.76. The Morgan fingerprint density at radius 1 is 1.50 bits per heavy atom. The van der Waals surface area contributed by atoms with Crippen molar-refractivity contribution in [2.24, 2.45) is 5.73 Å². The Hall–Kier alpha value is -1.17. The third-order valence-electron chi connectivity index (χ3n) is 2.89. The highest BCUT2D eigenvalue weighted by molar-refractivity contribution is 6.31. The van der Waals surface area contributed by atoms with Crippen molar-refractivity contribution in [3.8, 4) is 0 Å². The Labute approximate surface area is 123 Å². The van der Waals surface area contributed by atoms with E-state index in [0.717, 1.165) is 0 Å². The molecular weight excluding hydrogens is 283 g/mol. The molecule has 1 aromatic rings. The van der Waals surface area contributed by atoms with Gasteiger partial charge in [-0.25, -0.2) is 4.39 Å². The number of nitrogens with two attached hydrogens (primary N) is 1. The standard InChI is InChI=1S/C14H20ClFN2O2/c1-20-8-7-18(14(19)3-2-6-17)10-11-4-5-12(16)9-13(11)15/h4-5,9H,2-3,6-8,10,17H2,1H3. The Kier molecular flexibility index (Phi) is 7.51. The van der Waals surface area contributed by atoms with Crippen LogP contribution < -0.4 is 5.73 Å². The fourth-order valence-corrected chi connectivity index (χ4v) is 1.99. The molecule has 0 aromatic heterocycles. The predicted molar refractivity (Wildman–Crippen MR) is 77.0 cm³/mol. The lowest BCUT2D eigenvalue weighted by Gasteiger charge is -2.23. The maximum Gasteiger partial charge on any atom is 0.222 e. The van der Waals surface area contributed by atoms with Gasteiger partial charge in [-0.15, -0.1) is 0 Å². The molecule has 6 heteroatoms. The molecule has 0 fully saturated rings. The summed E-state index contributed by atoms with van der Waals surface area (Å²) in [6, 6.07) is 4.17. The lowest BCUT2D eigenvalue weighted by atomic mass is 10.2. The first kappa shape index (κ1) is 16.9. The van der Waals surface area contributed by atoms with Crippen molar-refractivity contribution >= 4 is 17.5 Å². The molecule has 0 aliphatic carbocycles. The number of amides is 1. The summed E-state index contributed by atoms with van der Waals surface area (Å²) in [5.74, 6) is -0.399. The molecule has 0 aliphatic heterocycles. The molecule has 1 aromatic carbocycles. The minimum atomic E-state index is -0.392. The normalized spacial score (nSPS) is 10.6. The molecule has 0 saturated carbocycles. The van der Waals surface area contributed by atoms with Crippen LogP contribution in [0.3, 0.4) is 0 Å². The van der Waals surface area contributed by atoms with Gasteiger partial charge in [0.15, 0.2) is 0 Å². The zero-order valence-electron chi connectivity index (χ0n) is 11.6. The number of benzene rings is 1. The Balaban J connectivity index is 2.74. The monoisotopic (exact) mass is 302 g/mol. The van der Waals surface area contributed by atoms with Gasteiger partial charge < -0.3 is 15.4 Å². The lowest BCUT2D eigenvalue weighted by Crippen LogP contribution is -2.33. The summed E-state index contributed by atoms with van der Waals surface area (Å²) in [4.78, 5) is 13.7. The number of ether oxygens (including phenoxy) is 1. The van der Waals surface area contributed by atoms with E-state index >= 15 is 0 Å². The Bertz CT molecular complexity index is 443. The minimum absolute atomic E-state index is 0.00658. The zero-order valence-corrected chi connectivity index (χ0v) is 12.3. The van der Waals surface area contributed by atoms with E-state index < -0.39 is 5.82 Å². The van der Waals surface area contributed by atoms with Crippen LogP contribution >= 0.6 is 11.6 Å². The third-order valence-corrected chi connectivity index (χ3v) is 3.24. The molecule has 0 spiro atoms. The average Bonchev–Trinajstić information content (AvgIpc) is 2.43. The molecule has 0 unspecified atom stereocenters. The number of halogens is 2. The summed E-state index contributed by atoms with van der Waals surface area (Å²) in [5.41, 5.74) is 6.13. The molecule has 0 heterocycles. The van der Waals surface area contributed by atoms with Crippen LogP contribution in [0.2, 0.25) is 5.02 Å². The smallest absolute Gasteiger partial charge is 0.222 e. The molecule has 0 aliphatic rings. The first-order valence-electron chi connectivity index (χ1n) is 6.49. The van der Waals surface area contributed by atoms with Gasteiger partial charge in [-0.3, -0.25) is 4.79 Å². The molecule has 0 radical (unpaired) electrons. The predicted octanol–water partition coefficient (Wildman–Crippen LogP) is 2.19. The van der Waals surface area contributed by atoms with Crippen LogP contribution in [0.15, 0.2) is 18.2 Å². The van der Waals surface area contributed by atoms with Crippen LogP contribution in [0.4, 0.5) is 4.39 Å². The van der Waals surface area contributed by atoms with Crippen LogP contribution in [-0.2, 0) is 16.1 Å². The van der Waals surface area contributed by atoms with E-state index in [1.54, 1.807) is 18.1 Å². The van der Waals surface area contributed by atoms with Gasteiger partial charge in [-0.1, -0.05) is 17.7 Å². The molecule has 0 saturated heterocycles. The van der Waals surface area contributed by atoms with Gasteiger partial charge in [0.1, 0.15) is 5.82 Å². The van der Waals surface area contributed by atoms with Crippen molar-refractivity contribution < 1.29 is 13.9 Å². The highest BCUT2D eigenvalue weighted by Gasteiger charge is 2.15. The molecule has 0 bridgehead atoms. The topological polar surface area (TPSA) is 55.6 Å².